The van der Waals surface area contributed by atoms with Crippen molar-refractivity contribution in [2.75, 3.05) is 0 Å². The molecule has 0 radical (unpaired) electrons. The van der Waals surface area contributed by atoms with E-state index in [1.54, 1.807) is 0 Å². The first-order valence-corrected chi connectivity index (χ1v) is 9.85. The molecule has 2 N–H and O–H groups in total. The summed E-state index contributed by atoms with van der Waals surface area (Å²) < 4.78 is 53.3. The Kier molecular flexibility index (Phi) is 5.09. The van der Waals surface area contributed by atoms with E-state index < -0.39 is 44.8 Å². The van der Waals surface area contributed by atoms with Crippen LogP contribution in [0.3, 0.4) is 0 Å². The predicted octanol–water partition coefficient (Wildman–Crippen LogP) is 3.19. The molecule has 2 aromatic rings. The van der Waals surface area contributed by atoms with E-state index in [2.05, 4.69) is 0 Å². The summed E-state index contributed by atoms with van der Waals surface area (Å²) in [5, 5.41) is 20.3. The fraction of sp³-hybridized carbons (Fsp3) is 0.333. The number of rotatable bonds is 3. The Hall–Kier alpha value is -1.54. The molecular formula is C18H17ClF2O4S. The van der Waals surface area contributed by atoms with Crippen LogP contribution in [0.4, 0.5) is 8.78 Å². The maximum atomic E-state index is 14.5. The van der Waals surface area contributed by atoms with Gasteiger partial charge in [0, 0.05) is 10.6 Å². The third kappa shape index (κ3) is 3.13. The molecule has 8 heteroatoms. The van der Waals surface area contributed by atoms with Gasteiger partial charge in [0.15, 0.2) is 9.84 Å². The van der Waals surface area contributed by atoms with Crippen LogP contribution < -0.4 is 0 Å². The largest absolute Gasteiger partial charge is 0.390 e. The maximum absolute atomic E-state index is 14.5. The molecule has 0 amide bonds. The van der Waals surface area contributed by atoms with Crippen LogP contribution >= 0.6 is 11.6 Å². The van der Waals surface area contributed by atoms with Gasteiger partial charge in [-0.15, -0.1) is 0 Å². The van der Waals surface area contributed by atoms with Gasteiger partial charge in [-0.2, -0.15) is 0 Å². The summed E-state index contributed by atoms with van der Waals surface area (Å²) in [4.78, 5) is -0.117. The predicted molar refractivity (Wildman–Crippen MR) is 92.5 cm³/mol. The van der Waals surface area contributed by atoms with Crippen molar-refractivity contribution in [1.29, 1.82) is 0 Å². The quantitative estimate of drug-likeness (QED) is 0.826. The second-order valence-electron chi connectivity index (χ2n) is 6.45. The highest BCUT2D eigenvalue weighted by atomic mass is 35.5. The van der Waals surface area contributed by atoms with Crippen molar-refractivity contribution >= 4 is 21.4 Å². The highest BCUT2D eigenvalue weighted by Gasteiger charge is 2.52. The molecule has 4 nitrogen and oxygen atoms in total. The average Bonchev–Trinajstić information content (AvgIpc) is 2.60. The number of aliphatic hydroxyl groups is 2. The SMILES string of the molecule is O=S(=O)(c1ccc(Cl)cc1)[C@@]1(c2cc(F)ccc2F)CC[C@@H](O)[C@@H](O)C1. The lowest BCUT2D eigenvalue weighted by Crippen LogP contribution is -2.48. The van der Waals surface area contributed by atoms with Gasteiger partial charge < -0.3 is 10.2 Å². The minimum Gasteiger partial charge on any atom is -0.390 e. The van der Waals surface area contributed by atoms with Crippen LogP contribution in [0, 0.1) is 11.6 Å². The monoisotopic (exact) mass is 402 g/mol. The zero-order chi connectivity index (χ0) is 19.1. The molecule has 3 rings (SSSR count). The second-order valence-corrected chi connectivity index (χ2v) is 9.15. The van der Waals surface area contributed by atoms with E-state index in [-0.39, 0.29) is 23.3 Å². The zero-order valence-electron chi connectivity index (χ0n) is 13.6. The first kappa shape index (κ1) is 19.2. The summed E-state index contributed by atoms with van der Waals surface area (Å²) in [5.74, 6) is -1.67. The van der Waals surface area contributed by atoms with E-state index in [0.717, 1.165) is 18.2 Å². The van der Waals surface area contributed by atoms with Crippen molar-refractivity contribution < 1.29 is 27.4 Å². The van der Waals surface area contributed by atoms with Crippen LogP contribution in [0.5, 0.6) is 0 Å². The molecule has 0 saturated heterocycles. The normalized spacial score (nSPS) is 26.7. The van der Waals surface area contributed by atoms with Crippen molar-refractivity contribution in [3.63, 3.8) is 0 Å². The first-order valence-electron chi connectivity index (χ1n) is 7.99. The minimum absolute atomic E-state index is 0.0655. The highest BCUT2D eigenvalue weighted by Crippen LogP contribution is 2.48. The molecule has 1 aliphatic rings. The first-order chi connectivity index (χ1) is 12.2. The Morgan fingerprint density at radius 1 is 1.04 bits per heavy atom. The van der Waals surface area contributed by atoms with Gasteiger partial charge in [-0.05, 0) is 61.7 Å². The van der Waals surface area contributed by atoms with Gasteiger partial charge in [0.2, 0.25) is 0 Å². The lowest BCUT2D eigenvalue weighted by atomic mass is 9.80. The van der Waals surface area contributed by atoms with E-state index in [1.165, 1.54) is 24.3 Å². The summed E-state index contributed by atoms with van der Waals surface area (Å²) >= 11 is 5.81. The van der Waals surface area contributed by atoms with Crippen molar-refractivity contribution in [3.8, 4) is 0 Å². The van der Waals surface area contributed by atoms with Crippen LogP contribution in [0.2, 0.25) is 5.02 Å². The molecule has 0 spiro atoms. The Bertz CT molecular complexity index is 917. The molecule has 0 heterocycles. The van der Waals surface area contributed by atoms with E-state index in [9.17, 15) is 27.4 Å². The molecule has 1 saturated carbocycles. The molecule has 1 fully saturated rings. The molecular weight excluding hydrogens is 386 g/mol. The van der Waals surface area contributed by atoms with Crippen LogP contribution in [-0.2, 0) is 14.6 Å². The molecule has 0 aliphatic heterocycles. The van der Waals surface area contributed by atoms with Crippen LogP contribution in [0.15, 0.2) is 47.4 Å². The van der Waals surface area contributed by atoms with Gasteiger partial charge in [0.1, 0.15) is 16.4 Å². The number of benzene rings is 2. The van der Waals surface area contributed by atoms with Gasteiger partial charge in [-0.3, -0.25) is 0 Å². The lowest BCUT2D eigenvalue weighted by molar-refractivity contribution is -0.0214. The van der Waals surface area contributed by atoms with Crippen LogP contribution in [0.25, 0.3) is 0 Å². The molecule has 140 valence electrons. The number of hydrogen-bond donors (Lipinski definition) is 2. The molecule has 1 aliphatic carbocycles. The van der Waals surface area contributed by atoms with Gasteiger partial charge in [0.25, 0.3) is 0 Å². The summed E-state index contributed by atoms with van der Waals surface area (Å²) in [6.45, 7) is 0. The molecule has 0 unspecified atom stereocenters. The van der Waals surface area contributed by atoms with Crippen LogP contribution in [-0.4, -0.2) is 30.8 Å². The summed E-state index contributed by atoms with van der Waals surface area (Å²) in [7, 11) is -4.23. The molecule has 0 aromatic heterocycles. The fourth-order valence-electron chi connectivity index (χ4n) is 3.47. The number of sulfone groups is 1. The second kappa shape index (κ2) is 6.88. The number of aliphatic hydroxyl groups excluding tert-OH is 2. The smallest absolute Gasteiger partial charge is 0.188 e. The van der Waals surface area contributed by atoms with Gasteiger partial charge in [0.05, 0.1) is 17.1 Å². The van der Waals surface area contributed by atoms with Crippen molar-refractivity contribution in [2.45, 2.75) is 41.1 Å². The summed E-state index contributed by atoms with van der Waals surface area (Å²) in [6.07, 6.45) is -3.17. The fourth-order valence-corrected chi connectivity index (χ4v) is 5.76. The van der Waals surface area contributed by atoms with Gasteiger partial charge >= 0.3 is 0 Å². The lowest BCUT2D eigenvalue weighted by Gasteiger charge is -2.41. The van der Waals surface area contributed by atoms with E-state index in [1.807, 2.05) is 0 Å². The summed E-state index contributed by atoms with van der Waals surface area (Å²) in [5.41, 5.74) is -0.349. The van der Waals surface area contributed by atoms with Crippen molar-refractivity contribution in [1.82, 2.24) is 0 Å². The Morgan fingerprint density at radius 2 is 1.69 bits per heavy atom. The molecule has 2 aromatic carbocycles. The summed E-state index contributed by atoms with van der Waals surface area (Å²) in [6, 6.07) is 7.95. The third-order valence-electron chi connectivity index (χ3n) is 4.88. The number of hydrogen-bond acceptors (Lipinski definition) is 4. The molecule has 3 atom stereocenters. The number of halogens is 3. The standard InChI is InChI=1S/C18H17ClF2O4S/c19-11-1-4-13(5-2-11)26(24,25)18(8-7-16(22)17(23)10-18)14-9-12(20)3-6-15(14)21/h1-6,9,16-17,22-23H,7-8,10H2/t16-,17+,18+/m1/s1. The van der Waals surface area contributed by atoms with E-state index in [4.69, 9.17) is 11.6 Å². The Morgan fingerprint density at radius 3 is 2.31 bits per heavy atom. The minimum atomic E-state index is -4.23. The van der Waals surface area contributed by atoms with Crippen LogP contribution in [0.1, 0.15) is 24.8 Å². The zero-order valence-corrected chi connectivity index (χ0v) is 15.1. The van der Waals surface area contributed by atoms with E-state index >= 15 is 0 Å². The third-order valence-corrected chi connectivity index (χ3v) is 7.65. The molecule has 26 heavy (non-hydrogen) atoms. The van der Waals surface area contributed by atoms with Crippen molar-refractivity contribution in [2.24, 2.45) is 0 Å². The van der Waals surface area contributed by atoms with Gasteiger partial charge in [-0.25, -0.2) is 17.2 Å². The van der Waals surface area contributed by atoms with E-state index in [0.29, 0.717) is 5.02 Å². The molecule has 0 bridgehead atoms. The maximum Gasteiger partial charge on any atom is 0.188 e. The Balaban J connectivity index is 2.25. The average molecular weight is 403 g/mol. The highest BCUT2D eigenvalue weighted by molar-refractivity contribution is 7.92. The van der Waals surface area contributed by atoms with Gasteiger partial charge in [-0.1, -0.05) is 11.6 Å². The topological polar surface area (TPSA) is 74.6 Å². The van der Waals surface area contributed by atoms with Crippen molar-refractivity contribution in [3.05, 3.63) is 64.7 Å². The Labute approximate surface area is 155 Å².